The topological polar surface area (TPSA) is 63.5 Å². The number of nitrogens with one attached hydrogen (secondary N) is 1. The zero-order valence-corrected chi connectivity index (χ0v) is 9.91. The molecule has 0 aromatic carbocycles. The summed E-state index contributed by atoms with van der Waals surface area (Å²) in [5.74, 6) is 1.32. The Kier molecular flexibility index (Phi) is 6.15. The van der Waals surface area contributed by atoms with Crippen molar-refractivity contribution in [3.05, 3.63) is 24.2 Å². The predicted octanol–water partition coefficient (Wildman–Crippen LogP) is 2.26. The maximum Gasteiger partial charge on any atom is 0.189 e. The van der Waals surface area contributed by atoms with Gasteiger partial charge < -0.3 is 15.5 Å². The summed E-state index contributed by atoms with van der Waals surface area (Å²) in [7, 11) is 0. The number of nitrogens with two attached hydrogens (primary N) is 1. The Bertz CT molecular complexity index is 293. The van der Waals surface area contributed by atoms with Gasteiger partial charge in [-0.05, 0) is 18.6 Å². The molecule has 4 heteroatoms. The Labute approximate surface area is 96.9 Å². The van der Waals surface area contributed by atoms with Crippen LogP contribution in [0.1, 0.15) is 38.4 Å². The number of guanidine groups is 1. The molecule has 0 aliphatic heterocycles. The van der Waals surface area contributed by atoms with Gasteiger partial charge in [-0.3, -0.25) is 0 Å². The highest BCUT2D eigenvalue weighted by atomic mass is 16.3. The molecular weight excluding hydrogens is 202 g/mol. The molecule has 0 spiro atoms. The van der Waals surface area contributed by atoms with E-state index in [2.05, 4.69) is 17.2 Å². The number of aliphatic imine (C=N–C) groups is 1. The molecule has 0 bridgehead atoms. The molecule has 1 aromatic heterocycles. The molecule has 0 aliphatic rings. The van der Waals surface area contributed by atoms with Gasteiger partial charge in [-0.25, -0.2) is 4.99 Å². The molecule has 0 radical (unpaired) electrons. The van der Waals surface area contributed by atoms with Crippen molar-refractivity contribution in [1.29, 1.82) is 0 Å². The molecule has 1 heterocycles. The minimum Gasteiger partial charge on any atom is -0.467 e. The van der Waals surface area contributed by atoms with Gasteiger partial charge in [0.2, 0.25) is 0 Å². The van der Waals surface area contributed by atoms with Crippen molar-refractivity contribution >= 4 is 5.96 Å². The number of nitrogens with zero attached hydrogens (tertiary/aromatic N) is 1. The zero-order valence-electron chi connectivity index (χ0n) is 9.91. The highest BCUT2D eigenvalue weighted by molar-refractivity contribution is 5.77. The first-order valence-corrected chi connectivity index (χ1v) is 5.89. The molecule has 0 saturated heterocycles. The monoisotopic (exact) mass is 223 g/mol. The lowest BCUT2D eigenvalue weighted by atomic mass is 10.2. The van der Waals surface area contributed by atoms with Crippen LogP contribution in [0, 0.1) is 0 Å². The second-order valence-corrected chi connectivity index (χ2v) is 3.77. The van der Waals surface area contributed by atoms with Crippen LogP contribution in [-0.2, 0) is 6.54 Å². The summed E-state index contributed by atoms with van der Waals surface area (Å²) in [5, 5.41) is 3.09. The number of unbranched alkanes of at least 4 members (excludes halogenated alkanes) is 3. The van der Waals surface area contributed by atoms with Gasteiger partial charge in [0.25, 0.3) is 0 Å². The van der Waals surface area contributed by atoms with E-state index in [0.717, 1.165) is 18.7 Å². The third kappa shape index (κ3) is 5.44. The molecule has 3 N–H and O–H groups in total. The lowest BCUT2D eigenvalue weighted by molar-refractivity contribution is 0.512. The third-order valence-corrected chi connectivity index (χ3v) is 2.32. The third-order valence-electron chi connectivity index (χ3n) is 2.32. The molecule has 0 aliphatic carbocycles. The number of rotatable bonds is 7. The van der Waals surface area contributed by atoms with Crippen molar-refractivity contribution < 1.29 is 4.42 Å². The minimum absolute atomic E-state index is 0.493. The Hall–Kier alpha value is -1.45. The Morgan fingerprint density at radius 2 is 2.31 bits per heavy atom. The molecule has 4 nitrogen and oxygen atoms in total. The normalized spacial score (nSPS) is 11.7. The molecule has 0 atom stereocenters. The van der Waals surface area contributed by atoms with Crippen LogP contribution in [-0.4, -0.2) is 12.5 Å². The first-order chi connectivity index (χ1) is 7.83. The summed E-state index contributed by atoms with van der Waals surface area (Å²) in [6.45, 7) is 3.60. The molecule has 1 rings (SSSR count). The highest BCUT2D eigenvalue weighted by Crippen LogP contribution is 2.01. The molecule has 1 aromatic rings. The van der Waals surface area contributed by atoms with Gasteiger partial charge in [-0.15, -0.1) is 0 Å². The summed E-state index contributed by atoms with van der Waals surface area (Å²) in [6, 6.07) is 3.73. The van der Waals surface area contributed by atoms with Crippen molar-refractivity contribution in [1.82, 2.24) is 5.32 Å². The summed E-state index contributed by atoms with van der Waals surface area (Å²) in [6.07, 6.45) is 6.56. The van der Waals surface area contributed by atoms with Gasteiger partial charge in [-0.2, -0.15) is 0 Å². The van der Waals surface area contributed by atoms with Gasteiger partial charge in [0.1, 0.15) is 12.3 Å². The van der Waals surface area contributed by atoms with E-state index in [4.69, 9.17) is 10.2 Å². The van der Waals surface area contributed by atoms with E-state index in [1.807, 2.05) is 12.1 Å². The molecule has 0 unspecified atom stereocenters. The molecule has 0 fully saturated rings. The van der Waals surface area contributed by atoms with Crippen molar-refractivity contribution in [2.24, 2.45) is 10.7 Å². The maximum absolute atomic E-state index is 5.70. The molecule has 16 heavy (non-hydrogen) atoms. The Morgan fingerprint density at radius 3 is 3.00 bits per heavy atom. The van der Waals surface area contributed by atoms with E-state index in [9.17, 15) is 0 Å². The summed E-state index contributed by atoms with van der Waals surface area (Å²) < 4.78 is 5.15. The van der Waals surface area contributed by atoms with Crippen LogP contribution in [0.2, 0.25) is 0 Å². The van der Waals surface area contributed by atoms with Crippen molar-refractivity contribution in [2.75, 3.05) is 6.54 Å². The molecular formula is C12H21N3O. The predicted molar refractivity (Wildman–Crippen MR) is 66.2 cm³/mol. The van der Waals surface area contributed by atoms with Crippen LogP contribution in [0.4, 0.5) is 0 Å². The maximum atomic E-state index is 5.70. The summed E-state index contributed by atoms with van der Waals surface area (Å²) >= 11 is 0. The van der Waals surface area contributed by atoms with Gasteiger partial charge in [0.05, 0.1) is 6.26 Å². The highest BCUT2D eigenvalue weighted by Gasteiger charge is 1.94. The zero-order chi connectivity index (χ0) is 11.6. The quantitative estimate of drug-likeness (QED) is 0.423. The lowest BCUT2D eigenvalue weighted by Gasteiger charge is -2.04. The molecule has 0 amide bonds. The SMILES string of the molecule is CCCCCCNC(N)=NCc1ccco1. The summed E-state index contributed by atoms with van der Waals surface area (Å²) in [5.41, 5.74) is 5.70. The van der Waals surface area contributed by atoms with E-state index in [0.29, 0.717) is 12.5 Å². The van der Waals surface area contributed by atoms with E-state index >= 15 is 0 Å². The van der Waals surface area contributed by atoms with Crippen LogP contribution < -0.4 is 11.1 Å². The van der Waals surface area contributed by atoms with Gasteiger partial charge in [0.15, 0.2) is 5.96 Å². The first kappa shape index (κ1) is 12.6. The van der Waals surface area contributed by atoms with Crippen molar-refractivity contribution in [2.45, 2.75) is 39.2 Å². The molecule has 0 saturated carbocycles. The second kappa shape index (κ2) is 7.79. The van der Waals surface area contributed by atoms with Gasteiger partial charge in [0, 0.05) is 6.54 Å². The van der Waals surface area contributed by atoms with Gasteiger partial charge in [-0.1, -0.05) is 26.2 Å². The van der Waals surface area contributed by atoms with E-state index in [-0.39, 0.29) is 0 Å². The van der Waals surface area contributed by atoms with Crippen molar-refractivity contribution in [3.8, 4) is 0 Å². The largest absolute Gasteiger partial charge is 0.467 e. The Morgan fingerprint density at radius 1 is 1.44 bits per heavy atom. The fourth-order valence-corrected chi connectivity index (χ4v) is 1.39. The second-order valence-electron chi connectivity index (χ2n) is 3.77. The van der Waals surface area contributed by atoms with E-state index < -0.39 is 0 Å². The first-order valence-electron chi connectivity index (χ1n) is 5.89. The average molecular weight is 223 g/mol. The fourth-order valence-electron chi connectivity index (χ4n) is 1.39. The number of hydrogen-bond acceptors (Lipinski definition) is 2. The molecule has 90 valence electrons. The van der Waals surface area contributed by atoms with E-state index in [1.165, 1.54) is 19.3 Å². The van der Waals surface area contributed by atoms with Crippen LogP contribution >= 0.6 is 0 Å². The summed E-state index contributed by atoms with van der Waals surface area (Å²) in [4.78, 5) is 4.17. The number of furan rings is 1. The standard InChI is InChI=1S/C12H21N3O/c1-2-3-4-5-8-14-12(13)15-10-11-7-6-9-16-11/h6-7,9H,2-5,8,10H2,1H3,(H3,13,14,15). The lowest BCUT2D eigenvalue weighted by Crippen LogP contribution is -2.32. The van der Waals surface area contributed by atoms with Crippen molar-refractivity contribution in [3.63, 3.8) is 0 Å². The van der Waals surface area contributed by atoms with Crippen LogP contribution in [0.5, 0.6) is 0 Å². The van der Waals surface area contributed by atoms with E-state index in [1.54, 1.807) is 6.26 Å². The van der Waals surface area contributed by atoms with Crippen LogP contribution in [0.3, 0.4) is 0 Å². The fraction of sp³-hybridized carbons (Fsp3) is 0.583. The Balaban J connectivity index is 2.09. The average Bonchev–Trinajstić information content (AvgIpc) is 2.79. The number of hydrogen-bond donors (Lipinski definition) is 2. The minimum atomic E-state index is 0.493. The smallest absolute Gasteiger partial charge is 0.189 e. The van der Waals surface area contributed by atoms with Crippen LogP contribution in [0.25, 0.3) is 0 Å². The van der Waals surface area contributed by atoms with Gasteiger partial charge >= 0.3 is 0 Å². The van der Waals surface area contributed by atoms with Crippen LogP contribution in [0.15, 0.2) is 27.8 Å².